The molecule has 0 atom stereocenters. The van der Waals surface area contributed by atoms with Gasteiger partial charge < -0.3 is 11.1 Å². The molecule has 0 bridgehead atoms. The molecule has 0 aromatic heterocycles. The lowest BCUT2D eigenvalue weighted by Gasteiger charge is -2.37. The second-order valence-corrected chi connectivity index (χ2v) is 5.31. The number of nitrogens with one attached hydrogen (secondary N) is 1. The van der Waals surface area contributed by atoms with Gasteiger partial charge in [-0.2, -0.15) is 11.8 Å². The minimum absolute atomic E-state index is 0.132. The first kappa shape index (κ1) is 10.8. The van der Waals surface area contributed by atoms with E-state index in [1.807, 2.05) is 17.8 Å². The van der Waals surface area contributed by atoms with E-state index in [1.54, 1.807) is 0 Å². The summed E-state index contributed by atoms with van der Waals surface area (Å²) >= 11 is 2.03. The van der Waals surface area contributed by atoms with Crippen molar-refractivity contribution in [2.45, 2.75) is 18.4 Å². The SMILES string of the molecule is NCC1(Nc2ccccc2)CCSCC1. The predicted octanol–water partition coefficient (Wildman–Crippen LogP) is 2.32. The standard InChI is InChI=1S/C12H18N2S/c13-10-12(6-8-15-9-7-12)14-11-4-2-1-3-5-11/h1-5,14H,6-10,13H2. The van der Waals surface area contributed by atoms with Crippen molar-refractivity contribution in [3.63, 3.8) is 0 Å². The van der Waals surface area contributed by atoms with Gasteiger partial charge in [0, 0.05) is 12.2 Å². The van der Waals surface area contributed by atoms with Gasteiger partial charge in [0.15, 0.2) is 0 Å². The lowest BCUT2D eigenvalue weighted by Crippen LogP contribution is -2.48. The molecule has 3 heteroatoms. The summed E-state index contributed by atoms with van der Waals surface area (Å²) < 4.78 is 0. The average Bonchev–Trinajstić information content (AvgIpc) is 2.32. The number of para-hydroxylation sites is 1. The van der Waals surface area contributed by atoms with Crippen molar-refractivity contribution in [2.24, 2.45) is 5.73 Å². The highest BCUT2D eigenvalue weighted by atomic mass is 32.2. The highest BCUT2D eigenvalue weighted by Crippen LogP contribution is 2.29. The Kier molecular flexibility index (Phi) is 3.54. The van der Waals surface area contributed by atoms with Gasteiger partial charge in [-0.05, 0) is 36.5 Å². The Labute approximate surface area is 95.6 Å². The molecule has 0 unspecified atom stereocenters. The van der Waals surface area contributed by atoms with Gasteiger partial charge >= 0.3 is 0 Å². The van der Waals surface area contributed by atoms with Crippen LogP contribution in [0.5, 0.6) is 0 Å². The number of hydrogen-bond donors (Lipinski definition) is 2. The first-order chi connectivity index (χ1) is 7.35. The van der Waals surface area contributed by atoms with E-state index in [0.717, 1.165) is 6.54 Å². The maximum Gasteiger partial charge on any atom is 0.0511 e. The van der Waals surface area contributed by atoms with E-state index in [4.69, 9.17) is 5.73 Å². The van der Waals surface area contributed by atoms with Gasteiger partial charge in [0.2, 0.25) is 0 Å². The maximum absolute atomic E-state index is 5.91. The van der Waals surface area contributed by atoms with Crippen LogP contribution in [0, 0.1) is 0 Å². The van der Waals surface area contributed by atoms with E-state index in [2.05, 4.69) is 29.6 Å². The molecule has 1 aromatic rings. The molecule has 1 aliphatic heterocycles. The fraction of sp³-hybridized carbons (Fsp3) is 0.500. The van der Waals surface area contributed by atoms with Gasteiger partial charge in [-0.25, -0.2) is 0 Å². The summed E-state index contributed by atoms with van der Waals surface area (Å²) in [6.07, 6.45) is 2.34. The van der Waals surface area contributed by atoms with Crippen LogP contribution in [0.25, 0.3) is 0 Å². The van der Waals surface area contributed by atoms with Crippen molar-refractivity contribution >= 4 is 17.4 Å². The van der Waals surface area contributed by atoms with Crippen LogP contribution in [0.4, 0.5) is 5.69 Å². The van der Waals surface area contributed by atoms with Gasteiger partial charge in [-0.3, -0.25) is 0 Å². The maximum atomic E-state index is 5.91. The molecule has 0 saturated carbocycles. The third-order valence-corrected chi connectivity index (χ3v) is 4.01. The van der Waals surface area contributed by atoms with Gasteiger partial charge in [0.1, 0.15) is 0 Å². The van der Waals surface area contributed by atoms with Crippen molar-refractivity contribution in [1.29, 1.82) is 0 Å². The van der Waals surface area contributed by atoms with E-state index in [0.29, 0.717) is 0 Å². The summed E-state index contributed by atoms with van der Waals surface area (Å²) in [6, 6.07) is 10.4. The molecule has 0 amide bonds. The van der Waals surface area contributed by atoms with E-state index < -0.39 is 0 Å². The van der Waals surface area contributed by atoms with Crippen molar-refractivity contribution in [1.82, 2.24) is 0 Å². The molecular weight excluding hydrogens is 204 g/mol. The predicted molar refractivity (Wildman–Crippen MR) is 68.4 cm³/mol. The molecule has 0 aliphatic carbocycles. The Morgan fingerprint density at radius 1 is 1.20 bits per heavy atom. The summed E-state index contributed by atoms with van der Waals surface area (Å²) in [5.74, 6) is 2.44. The zero-order valence-corrected chi connectivity index (χ0v) is 9.72. The second kappa shape index (κ2) is 4.90. The summed E-state index contributed by atoms with van der Waals surface area (Å²) in [5, 5.41) is 3.61. The van der Waals surface area contributed by atoms with Crippen molar-refractivity contribution < 1.29 is 0 Å². The molecule has 82 valence electrons. The number of rotatable bonds is 3. The number of anilines is 1. The number of benzene rings is 1. The van der Waals surface area contributed by atoms with E-state index in [-0.39, 0.29) is 5.54 Å². The Morgan fingerprint density at radius 2 is 1.87 bits per heavy atom. The van der Waals surface area contributed by atoms with Crippen molar-refractivity contribution in [2.75, 3.05) is 23.4 Å². The largest absolute Gasteiger partial charge is 0.378 e. The highest BCUT2D eigenvalue weighted by Gasteiger charge is 2.30. The lowest BCUT2D eigenvalue weighted by molar-refractivity contribution is 0.443. The highest BCUT2D eigenvalue weighted by molar-refractivity contribution is 7.99. The summed E-state index contributed by atoms with van der Waals surface area (Å²) in [7, 11) is 0. The van der Waals surface area contributed by atoms with Crippen LogP contribution >= 0.6 is 11.8 Å². The van der Waals surface area contributed by atoms with Crippen LogP contribution in [-0.2, 0) is 0 Å². The molecule has 15 heavy (non-hydrogen) atoms. The fourth-order valence-electron chi connectivity index (χ4n) is 1.97. The topological polar surface area (TPSA) is 38.0 Å². The van der Waals surface area contributed by atoms with Crippen molar-refractivity contribution in [3.8, 4) is 0 Å². The molecule has 1 fully saturated rings. The number of hydrogen-bond acceptors (Lipinski definition) is 3. The number of thioether (sulfide) groups is 1. The summed E-state index contributed by atoms with van der Waals surface area (Å²) in [6.45, 7) is 0.725. The van der Waals surface area contributed by atoms with Gasteiger partial charge in [0.05, 0.1) is 5.54 Å². The third kappa shape index (κ3) is 2.67. The normalized spacial score (nSPS) is 19.8. The molecular formula is C12H18N2S. The first-order valence-corrected chi connectivity index (χ1v) is 6.61. The minimum atomic E-state index is 0.132. The average molecular weight is 222 g/mol. The van der Waals surface area contributed by atoms with Crippen LogP contribution in [0.15, 0.2) is 30.3 Å². The zero-order valence-electron chi connectivity index (χ0n) is 8.91. The molecule has 1 saturated heterocycles. The van der Waals surface area contributed by atoms with Crippen LogP contribution in [0.2, 0.25) is 0 Å². The zero-order chi connectivity index (χ0) is 10.6. The number of nitrogens with two attached hydrogens (primary N) is 1. The molecule has 1 aromatic carbocycles. The molecule has 1 aliphatic rings. The van der Waals surface area contributed by atoms with Gasteiger partial charge in [0.25, 0.3) is 0 Å². The van der Waals surface area contributed by atoms with E-state index >= 15 is 0 Å². The molecule has 1 heterocycles. The molecule has 3 N–H and O–H groups in total. The molecule has 0 spiro atoms. The van der Waals surface area contributed by atoms with E-state index in [9.17, 15) is 0 Å². The third-order valence-electron chi connectivity index (χ3n) is 3.02. The lowest BCUT2D eigenvalue weighted by atomic mass is 9.92. The molecule has 0 radical (unpaired) electrons. The Balaban J connectivity index is 2.07. The summed E-state index contributed by atoms with van der Waals surface area (Å²) in [5.41, 5.74) is 7.24. The van der Waals surface area contributed by atoms with Gasteiger partial charge in [-0.1, -0.05) is 18.2 Å². The van der Waals surface area contributed by atoms with Crippen LogP contribution in [-0.4, -0.2) is 23.6 Å². The van der Waals surface area contributed by atoms with Crippen LogP contribution in [0.1, 0.15) is 12.8 Å². The Morgan fingerprint density at radius 3 is 2.47 bits per heavy atom. The summed E-state index contributed by atoms with van der Waals surface area (Å²) in [4.78, 5) is 0. The first-order valence-electron chi connectivity index (χ1n) is 5.46. The van der Waals surface area contributed by atoms with Crippen LogP contribution in [0.3, 0.4) is 0 Å². The quantitative estimate of drug-likeness (QED) is 0.824. The van der Waals surface area contributed by atoms with Gasteiger partial charge in [-0.15, -0.1) is 0 Å². The fourth-order valence-corrected chi connectivity index (χ4v) is 3.24. The minimum Gasteiger partial charge on any atom is -0.378 e. The van der Waals surface area contributed by atoms with Crippen LogP contribution < -0.4 is 11.1 Å². The molecule has 2 rings (SSSR count). The van der Waals surface area contributed by atoms with E-state index in [1.165, 1.54) is 30.0 Å². The second-order valence-electron chi connectivity index (χ2n) is 4.09. The Hall–Kier alpha value is -0.670. The van der Waals surface area contributed by atoms with Crippen molar-refractivity contribution in [3.05, 3.63) is 30.3 Å². The monoisotopic (exact) mass is 222 g/mol. The smallest absolute Gasteiger partial charge is 0.0511 e. The molecule has 2 nitrogen and oxygen atoms in total. The Bertz CT molecular complexity index is 294.